The van der Waals surface area contributed by atoms with Crippen LogP contribution < -0.4 is 0 Å². The van der Waals surface area contributed by atoms with Gasteiger partial charge in [-0.25, -0.2) is 0 Å². The molecule has 3 nitrogen and oxygen atoms in total. The fourth-order valence-electron chi connectivity index (χ4n) is 1.36. The van der Waals surface area contributed by atoms with Crippen molar-refractivity contribution in [3.05, 3.63) is 12.2 Å². The highest BCUT2D eigenvalue weighted by atomic mass is 16.7. The predicted molar refractivity (Wildman–Crippen MR) is 49.3 cm³/mol. The Morgan fingerprint density at radius 1 is 1.46 bits per heavy atom. The number of rotatable bonds is 4. The Balaban J connectivity index is 2.66. The summed E-state index contributed by atoms with van der Waals surface area (Å²) < 4.78 is 10.8. The maximum absolute atomic E-state index is 10.2. The third kappa shape index (κ3) is 2.39. The number of allylic oxidation sites excluding steroid dienone is 1. The highest BCUT2D eigenvalue weighted by Crippen LogP contribution is 2.32. The molecule has 13 heavy (non-hydrogen) atoms. The summed E-state index contributed by atoms with van der Waals surface area (Å²) in [5.74, 6) is 0. The molecule has 0 amide bonds. The molecule has 0 aromatic carbocycles. The smallest absolute Gasteiger partial charge is 0.166 e. The molecule has 1 aliphatic rings. The molecule has 1 aliphatic heterocycles. The van der Waals surface area contributed by atoms with E-state index in [9.17, 15) is 4.79 Å². The molecule has 0 N–H and O–H groups in total. The monoisotopic (exact) mass is 184 g/mol. The van der Waals surface area contributed by atoms with Crippen LogP contribution in [0.25, 0.3) is 0 Å². The largest absolute Gasteiger partial charge is 0.349 e. The van der Waals surface area contributed by atoms with Crippen LogP contribution in [0, 0.1) is 5.41 Å². The van der Waals surface area contributed by atoms with Gasteiger partial charge >= 0.3 is 0 Å². The van der Waals surface area contributed by atoms with Crippen LogP contribution in [0.2, 0.25) is 0 Å². The number of aldehydes is 1. The molecule has 0 spiro atoms. The highest BCUT2D eigenvalue weighted by molar-refractivity contribution is 5.64. The van der Waals surface area contributed by atoms with Gasteiger partial charge < -0.3 is 9.47 Å². The van der Waals surface area contributed by atoms with Gasteiger partial charge in [-0.15, -0.1) is 0 Å². The number of hydrogen-bond donors (Lipinski definition) is 0. The Morgan fingerprint density at radius 3 is 2.54 bits per heavy atom. The number of hydrogen-bond acceptors (Lipinski definition) is 3. The quantitative estimate of drug-likeness (QED) is 0.491. The van der Waals surface area contributed by atoms with Gasteiger partial charge in [0.15, 0.2) is 6.29 Å². The maximum Gasteiger partial charge on any atom is 0.166 e. The van der Waals surface area contributed by atoms with Crippen LogP contribution in [0.4, 0.5) is 0 Å². The molecule has 0 aliphatic carbocycles. The molecule has 1 heterocycles. The zero-order chi connectivity index (χ0) is 9.73. The molecule has 1 rings (SSSR count). The molecule has 74 valence electrons. The van der Waals surface area contributed by atoms with Gasteiger partial charge in [-0.2, -0.15) is 0 Å². The van der Waals surface area contributed by atoms with Crippen LogP contribution in [0.1, 0.15) is 20.3 Å². The van der Waals surface area contributed by atoms with Gasteiger partial charge in [0.2, 0.25) is 0 Å². The van der Waals surface area contributed by atoms with Crippen molar-refractivity contribution >= 4 is 6.29 Å². The molecule has 0 aromatic rings. The van der Waals surface area contributed by atoms with E-state index < -0.39 is 0 Å². The fourth-order valence-corrected chi connectivity index (χ4v) is 1.36. The number of carbonyl (C=O) groups is 1. The van der Waals surface area contributed by atoms with E-state index >= 15 is 0 Å². The molecular formula is C10H16O3. The summed E-state index contributed by atoms with van der Waals surface area (Å²) in [7, 11) is 0. The summed E-state index contributed by atoms with van der Waals surface area (Å²) in [6.07, 6.45) is 4.84. The van der Waals surface area contributed by atoms with E-state index in [1.165, 1.54) is 6.08 Å². The zero-order valence-corrected chi connectivity index (χ0v) is 8.16. The van der Waals surface area contributed by atoms with Crippen molar-refractivity contribution in [3.63, 3.8) is 0 Å². The van der Waals surface area contributed by atoms with Crippen molar-refractivity contribution in [2.24, 2.45) is 5.41 Å². The average molecular weight is 184 g/mol. The summed E-state index contributed by atoms with van der Waals surface area (Å²) in [5, 5.41) is 0. The minimum atomic E-state index is -0.200. The molecule has 1 fully saturated rings. The van der Waals surface area contributed by atoms with Crippen LogP contribution in [0.15, 0.2) is 12.2 Å². The lowest BCUT2D eigenvalue weighted by Gasteiger charge is -2.29. The summed E-state index contributed by atoms with van der Waals surface area (Å²) in [5.41, 5.74) is -0.183. The fraction of sp³-hybridized carbons (Fsp3) is 0.700. The van der Waals surface area contributed by atoms with Crippen LogP contribution in [-0.2, 0) is 14.3 Å². The first-order valence-electron chi connectivity index (χ1n) is 4.59. The standard InChI is InChI=1S/C10H16O3/c1-3-10(2,5-4-6-11)9-12-7-8-13-9/h4-6,9H,3,7-8H2,1-2H3/b5-4+/t10-/m1/s1. The van der Waals surface area contributed by atoms with Crippen LogP contribution in [0.3, 0.4) is 0 Å². The first-order chi connectivity index (χ1) is 6.23. The lowest BCUT2D eigenvalue weighted by Crippen LogP contribution is -2.30. The first-order valence-corrected chi connectivity index (χ1v) is 4.59. The third-order valence-corrected chi connectivity index (χ3v) is 2.48. The second-order valence-corrected chi connectivity index (χ2v) is 3.43. The molecule has 0 unspecified atom stereocenters. The van der Waals surface area contributed by atoms with Crippen molar-refractivity contribution < 1.29 is 14.3 Å². The Hall–Kier alpha value is -0.670. The van der Waals surface area contributed by atoms with Gasteiger partial charge in [0.05, 0.1) is 13.2 Å². The van der Waals surface area contributed by atoms with Crippen molar-refractivity contribution in [2.75, 3.05) is 13.2 Å². The Bertz CT molecular complexity index is 194. The molecule has 1 atom stereocenters. The highest BCUT2D eigenvalue weighted by Gasteiger charge is 2.34. The van der Waals surface area contributed by atoms with Crippen molar-refractivity contribution in [1.29, 1.82) is 0 Å². The maximum atomic E-state index is 10.2. The van der Waals surface area contributed by atoms with Gasteiger partial charge in [-0.3, -0.25) is 4.79 Å². The molecule has 0 bridgehead atoms. The SMILES string of the molecule is CC[C@](C)(/C=C/C=O)C1OCCO1. The Morgan fingerprint density at radius 2 is 2.08 bits per heavy atom. The molecule has 0 saturated carbocycles. The lowest BCUT2D eigenvalue weighted by atomic mass is 9.86. The van der Waals surface area contributed by atoms with E-state index in [0.29, 0.717) is 13.2 Å². The van der Waals surface area contributed by atoms with E-state index in [4.69, 9.17) is 9.47 Å². The summed E-state index contributed by atoms with van der Waals surface area (Å²) in [6.45, 7) is 5.38. The normalized spacial score (nSPS) is 23.5. The Labute approximate surface area is 78.7 Å². The summed E-state index contributed by atoms with van der Waals surface area (Å²) in [4.78, 5) is 10.2. The van der Waals surface area contributed by atoms with E-state index in [1.807, 2.05) is 13.0 Å². The second-order valence-electron chi connectivity index (χ2n) is 3.43. The lowest BCUT2D eigenvalue weighted by molar-refractivity contribution is -0.109. The number of ether oxygens (including phenoxy) is 2. The average Bonchev–Trinajstić information content (AvgIpc) is 2.67. The minimum Gasteiger partial charge on any atom is -0.349 e. The predicted octanol–water partition coefficient (Wildman–Crippen LogP) is 1.53. The molecule has 0 aromatic heterocycles. The van der Waals surface area contributed by atoms with Gasteiger partial charge in [0.25, 0.3) is 0 Å². The topological polar surface area (TPSA) is 35.5 Å². The molecular weight excluding hydrogens is 168 g/mol. The van der Waals surface area contributed by atoms with E-state index in [2.05, 4.69) is 6.92 Å². The number of carbonyl (C=O) groups excluding carboxylic acids is 1. The minimum absolute atomic E-state index is 0.183. The van der Waals surface area contributed by atoms with Gasteiger partial charge in [-0.1, -0.05) is 19.9 Å². The van der Waals surface area contributed by atoms with Crippen LogP contribution >= 0.6 is 0 Å². The van der Waals surface area contributed by atoms with Crippen molar-refractivity contribution in [2.45, 2.75) is 26.6 Å². The first kappa shape index (κ1) is 10.4. The third-order valence-electron chi connectivity index (χ3n) is 2.48. The zero-order valence-electron chi connectivity index (χ0n) is 8.16. The van der Waals surface area contributed by atoms with Gasteiger partial charge in [-0.05, 0) is 12.5 Å². The molecule has 3 heteroatoms. The van der Waals surface area contributed by atoms with Crippen molar-refractivity contribution in [1.82, 2.24) is 0 Å². The van der Waals surface area contributed by atoms with E-state index in [0.717, 1.165) is 12.7 Å². The van der Waals surface area contributed by atoms with Crippen molar-refractivity contribution in [3.8, 4) is 0 Å². The second kappa shape index (κ2) is 4.53. The van der Waals surface area contributed by atoms with Gasteiger partial charge in [0, 0.05) is 5.41 Å². The summed E-state index contributed by atoms with van der Waals surface area (Å²) >= 11 is 0. The molecule has 1 saturated heterocycles. The summed E-state index contributed by atoms with van der Waals surface area (Å²) in [6, 6.07) is 0. The van der Waals surface area contributed by atoms with Gasteiger partial charge in [0.1, 0.15) is 6.29 Å². The molecule has 0 radical (unpaired) electrons. The van der Waals surface area contributed by atoms with Crippen LogP contribution in [0.5, 0.6) is 0 Å². The van der Waals surface area contributed by atoms with E-state index in [-0.39, 0.29) is 11.7 Å². The van der Waals surface area contributed by atoms with Crippen LogP contribution in [-0.4, -0.2) is 25.8 Å². The Kier molecular flexibility index (Phi) is 3.63. The van der Waals surface area contributed by atoms with E-state index in [1.54, 1.807) is 0 Å².